The number of carbonyl (C=O) groups excluding carboxylic acids is 1. The second-order valence-corrected chi connectivity index (χ2v) is 10.1. The maximum absolute atomic E-state index is 15.6. The standard InChI is InChI=1S/C25H23ClFN7O3S/c1-34-22-13(10-30-25(32-22)31-15-6-12(7-15)21(28)35)8-17(24(34)36)16-4-3-5-18(20(16)27)33-38-19-9-14(26)11-29-23(19)37-2/h3-5,8-12,15,33H,6-7H2,1-2H3,(H2,28,35)(H,30,31,32). The number of amides is 1. The SMILES string of the molecule is COc1ncc(Cl)cc1SNc1cccc(-c2cc3cnc(NC4CC(C(N)=O)C4)nc3n(C)c2=O)c1F. The first-order valence-corrected chi connectivity index (χ1v) is 12.8. The number of benzene rings is 1. The first kappa shape index (κ1) is 25.7. The summed E-state index contributed by atoms with van der Waals surface area (Å²) in [6, 6.07) is 8.01. The molecular weight excluding hydrogens is 533 g/mol. The number of ether oxygens (including phenoxy) is 1. The van der Waals surface area contributed by atoms with Crippen LogP contribution in [-0.2, 0) is 11.8 Å². The average molecular weight is 556 g/mol. The molecule has 0 spiro atoms. The van der Waals surface area contributed by atoms with E-state index in [-0.39, 0.29) is 34.7 Å². The van der Waals surface area contributed by atoms with Gasteiger partial charge in [-0.05, 0) is 43.0 Å². The molecule has 1 amide bonds. The van der Waals surface area contributed by atoms with Crippen LogP contribution < -0.4 is 26.1 Å². The zero-order chi connectivity index (χ0) is 27.0. The largest absolute Gasteiger partial charge is 0.480 e. The number of rotatable bonds is 8. The Balaban J connectivity index is 1.42. The summed E-state index contributed by atoms with van der Waals surface area (Å²) in [5.74, 6) is -0.385. The summed E-state index contributed by atoms with van der Waals surface area (Å²) in [7, 11) is 3.05. The van der Waals surface area contributed by atoms with Crippen molar-refractivity contribution >= 4 is 52.1 Å². The lowest BCUT2D eigenvalue weighted by molar-refractivity contribution is -0.124. The zero-order valence-corrected chi connectivity index (χ0v) is 21.9. The van der Waals surface area contributed by atoms with Crippen LogP contribution >= 0.6 is 23.5 Å². The molecule has 3 aromatic heterocycles. The third-order valence-electron chi connectivity index (χ3n) is 6.36. The molecule has 0 saturated heterocycles. The molecule has 0 radical (unpaired) electrons. The third kappa shape index (κ3) is 4.96. The van der Waals surface area contributed by atoms with E-state index in [4.69, 9.17) is 22.1 Å². The van der Waals surface area contributed by atoms with E-state index in [1.807, 2.05) is 0 Å². The van der Waals surface area contributed by atoms with Crippen molar-refractivity contribution in [1.29, 1.82) is 0 Å². The summed E-state index contributed by atoms with van der Waals surface area (Å²) in [5, 5.41) is 4.14. The molecule has 0 bridgehead atoms. The second kappa shape index (κ2) is 10.5. The van der Waals surface area contributed by atoms with Gasteiger partial charge in [-0.15, -0.1) is 0 Å². The first-order valence-electron chi connectivity index (χ1n) is 11.6. The number of aryl methyl sites for hydroxylation is 1. The van der Waals surface area contributed by atoms with E-state index in [9.17, 15) is 9.59 Å². The van der Waals surface area contributed by atoms with Gasteiger partial charge in [-0.3, -0.25) is 14.2 Å². The van der Waals surface area contributed by atoms with Crippen LogP contribution in [0.5, 0.6) is 5.88 Å². The van der Waals surface area contributed by atoms with Crippen molar-refractivity contribution in [2.45, 2.75) is 23.8 Å². The minimum Gasteiger partial charge on any atom is -0.480 e. The summed E-state index contributed by atoms with van der Waals surface area (Å²) in [6.45, 7) is 0. The van der Waals surface area contributed by atoms with Gasteiger partial charge in [0.15, 0.2) is 5.82 Å². The van der Waals surface area contributed by atoms with Crippen LogP contribution in [0, 0.1) is 11.7 Å². The van der Waals surface area contributed by atoms with E-state index in [2.05, 4.69) is 25.0 Å². The molecule has 1 fully saturated rings. The Morgan fingerprint density at radius 3 is 2.76 bits per heavy atom. The number of aromatic nitrogens is 4. The van der Waals surface area contributed by atoms with E-state index >= 15 is 4.39 Å². The van der Waals surface area contributed by atoms with Crippen molar-refractivity contribution < 1.29 is 13.9 Å². The number of nitrogens with zero attached hydrogens (tertiary/aromatic N) is 4. The number of nitrogens with one attached hydrogen (secondary N) is 2. The Hall–Kier alpha value is -3.90. The molecule has 5 rings (SSSR count). The van der Waals surface area contributed by atoms with Gasteiger partial charge >= 0.3 is 0 Å². The van der Waals surface area contributed by atoms with Crippen LogP contribution in [0.4, 0.5) is 16.0 Å². The predicted octanol–water partition coefficient (Wildman–Crippen LogP) is 3.99. The molecule has 0 aliphatic heterocycles. The molecule has 1 aliphatic rings. The number of carbonyl (C=O) groups is 1. The zero-order valence-electron chi connectivity index (χ0n) is 20.4. The highest BCUT2D eigenvalue weighted by atomic mass is 35.5. The van der Waals surface area contributed by atoms with Gasteiger partial charge in [0.1, 0.15) is 5.65 Å². The van der Waals surface area contributed by atoms with Crippen LogP contribution in [0.1, 0.15) is 12.8 Å². The van der Waals surface area contributed by atoms with E-state index in [0.29, 0.717) is 45.6 Å². The quantitative estimate of drug-likeness (QED) is 0.276. The fraction of sp³-hybridized carbons (Fsp3) is 0.240. The van der Waals surface area contributed by atoms with Crippen molar-refractivity contribution in [1.82, 2.24) is 19.5 Å². The van der Waals surface area contributed by atoms with E-state index < -0.39 is 11.4 Å². The summed E-state index contributed by atoms with van der Waals surface area (Å²) >= 11 is 7.12. The highest BCUT2D eigenvalue weighted by molar-refractivity contribution is 8.00. The van der Waals surface area contributed by atoms with Crippen molar-refractivity contribution in [3.05, 3.63) is 63.9 Å². The molecule has 10 nitrogen and oxygen atoms in total. The molecule has 1 saturated carbocycles. The number of pyridine rings is 2. The topological polar surface area (TPSA) is 137 Å². The lowest BCUT2D eigenvalue weighted by atomic mass is 9.80. The van der Waals surface area contributed by atoms with Crippen LogP contribution in [0.2, 0.25) is 5.02 Å². The fourth-order valence-electron chi connectivity index (χ4n) is 4.22. The highest BCUT2D eigenvalue weighted by Gasteiger charge is 2.33. The van der Waals surface area contributed by atoms with Crippen molar-refractivity contribution in [2.75, 3.05) is 17.1 Å². The van der Waals surface area contributed by atoms with Crippen LogP contribution in [0.15, 0.2) is 52.4 Å². The number of nitrogens with two attached hydrogens (primary N) is 1. The Morgan fingerprint density at radius 2 is 2.03 bits per heavy atom. The number of hydrogen-bond donors (Lipinski definition) is 3. The normalized spacial score (nSPS) is 16.6. The third-order valence-corrected chi connectivity index (χ3v) is 7.40. The van der Waals surface area contributed by atoms with Crippen molar-refractivity contribution in [2.24, 2.45) is 18.7 Å². The Morgan fingerprint density at radius 1 is 1.24 bits per heavy atom. The average Bonchev–Trinajstić information content (AvgIpc) is 2.87. The molecule has 38 heavy (non-hydrogen) atoms. The predicted molar refractivity (Wildman–Crippen MR) is 145 cm³/mol. The molecule has 1 aromatic carbocycles. The van der Waals surface area contributed by atoms with E-state index in [1.165, 1.54) is 23.9 Å². The number of methoxy groups -OCH3 is 1. The van der Waals surface area contributed by atoms with Crippen LogP contribution in [0.3, 0.4) is 0 Å². The molecule has 4 aromatic rings. The molecule has 4 N–H and O–H groups in total. The molecular formula is C25H23ClFN7O3S. The Kier molecular flexibility index (Phi) is 7.09. The summed E-state index contributed by atoms with van der Waals surface area (Å²) in [5.41, 5.74) is 5.77. The monoisotopic (exact) mass is 555 g/mol. The van der Waals surface area contributed by atoms with Crippen LogP contribution in [0.25, 0.3) is 22.2 Å². The highest BCUT2D eigenvalue weighted by Crippen LogP contribution is 2.34. The van der Waals surface area contributed by atoms with Gasteiger partial charge in [-0.25, -0.2) is 14.4 Å². The second-order valence-electron chi connectivity index (χ2n) is 8.84. The number of halogens is 2. The van der Waals surface area contributed by atoms with Crippen molar-refractivity contribution in [3.63, 3.8) is 0 Å². The molecule has 13 heteroatoms. The lowest BCUT2D eigenvalue weighted by Gasteiger charge is -2.33. The summed E-state index contributed by atoms with van der Waals surface area (Å²) in [4.78, 5) is 38.0. The van der Waals surface area contributed by atoms with Gasteiger partial charge < -0.3 is 20.5 Å². The number of fused-ring (bicyclic) bond motifs is 1. The molecule has 196 valence electrons. The van der Waals surface area contributed by atoms with Gasteiger partial charge in [0.05, 0.1) is 28.3 Å². The first-order chi connectivity index (χ1) is 18.2. The van der Waals surface area contributed by atoms with Gasteiger partial charge in [0.25, 0.3) is 5.56 Å². The number of hydrogen-bond acceptors (Lipinski definition) is 9. The molecule has 3 heterocycles. The summed E-state index contributed by atoms with van der Waals surface area (Å²) < 4.78 is 25.2. The maximum atomic E-state index is 15.6. The fourth-order valence-corrected chi connectivity index (χ4v) is 5.23. The van der Waals surface area contributed by atoms with Gasteiger partial charge in [0.2, 0.25) is 17.7 Å². The Bertz CT molecular complexity index is 1610. The maximum Gasteiger partial charge on any atom is 0.259 e. The van der Waals surface area contributed by atoms with Gasteiger partial charge in [0, 0.05) is 42.4 Å². The van der Waals surface area contributed by atoms with Crippen molar-refractivity contribution in [3.8, 4) is 17.0 Å². The minimum atomic E-state index is -0.599. The molecule has 1 aliphatic carbocycles. The lowest BCUT2D eigenvalue weighted by Crippen LogP contribution is -2.42. The molecule has 0 atom stereocenters. The minimum absolute atomic E-state index is 0.0334. The van der Waals surface area contributed by atoms with Gasteiger partial charge in [-0.2, -0.15) is 4.98 Å². The van der Waals surface area contributed by atoms with Gasteiger partial charge in [-0.1, -0.05) is 23.7 Å². The van der Waals surface area contributed by atoms with E-state index in [0.717, 1.165) is 11.9 Å². The van der Waals surface area contributed by atoms with E-state index in [1.54, 1.807) is 37.5 Å². The number of primary amides is 1. The number of anilines is 2. The smallest absolute Gasteiger partial charge is 0.259 e. The molecule has 0 unspecified atom stereocenters. The Labute approximate surface area is 225 Å². The summed E-state index contributed by atoms with van der Waals surface area (Å²) in [6.07, 6.45) is 4.25. The van der Waals surface area contributed by atoms with Crippen LogP contribution in [-0.4, -0.2) is 38.6 Å².